The smallest absolute Gasteiger partial charge is 0.286 e. The summed E-state index contributed by atoms with van der Waals surface area (Å²) in [6.07, 6.45) is 1.61. The van der Waals surface area contributed by atoms with E-state index in [1.807, 2.05) is 38.1 Å². The minimum absolute atomic E-state index is 0.162. The Morgan fingerprint density at radius 3 is 2.47 bits per heavy atom. The molecule has 0 spiro atoms. The number of rotatable bonds is 5. The van der Waals surface area contributed by atoms with Crippen molar-refractivity contribution in [2.75, 3.05) is 0 Å². The van der Waals surface area contributed by atoms with Gasteiger partial charge in [-0.2, -0.15) is 0 Å². The lowest BCUT2D eigenvalue weighted by Gasteiger charge is -2.10. The quantitative estimate of drug-likeness (QED) is 0.900. The molecule has 19 heavy (non-hydrogen) atoms. The Labute approximate surface area is 116 Å². The summed E-state index contributed by atoms with van der Waals surface area (Å²) in [6, 6.07) is 7.86. The Bertz CT molecular complexity index is 470. The summed E-state index contributed by atoms with van der Waals surface area (Å²) in [5, 5.41) is 1.81. The molecule has 4 nitrogen and oxygen atoms in total. The number of ether oxygens (including phenoxy) is 1. The number of benzene rings is 1. The molecule has 1 N–H and O–H groups in total. The van der Waals surface area contributed by atoms with Gasteiger partial charge in [0.25, 0.3) is 5.24 Å². The highest BCUT2D eigenvalue weighted by molar-refractivity contribution is 8.15. The zero-order valence-corrected chi connectivity index (χ0v) is 11.8. The highest BCUT2D eigenvalue weighted by Gasteiger charge is 2.30. The normalized spacial score (nSPS) is 18.8. The Kier molecular flexibility index (Phi) is 4.47. The average Bonchev–Trinajstić information content (AvgIpc) is 2.66. The van der Waals surface area contributed by atoms with Crippen molar-refractivity contribution in [3.8, 4) is 5.75 Å². The zero-order chi connectivity index (χ0) is 13.8. The fraction of sp³-hybridized carbons (Fsp3) is 0.429. The van der Waals surface area contributed by atoms with Crippen molar-refractivity contribution in [1.82, 2.24) is 5.32 Å². The largest absolute Gasteiger partial charge is 0.491 e. The molecular formula is C14H17NO3S. The average molecular weight is 279 g/mol. The third-order valence-electron chi connectivity index (χ3n) is 2.76. The number of hydrogen-bond acceptors (Lipinski definition) is 4. The number of carbonyl (C=O) groups is 2. The molecule has 1 aliphatic heterocycles. The first-order valence-corrected chi connectivity index (χ1v) is 7.19. The van der Waals surface area contributed by atoms with E-state index < -0.39 is 0 Å². The number of nitrogens with one attached hydrogen (secondary N) is 1. The van der Waals surface area contributed by atoms with Gasteiger partial charge in [-0.15, -0.1) is 0 Å². The highest BCUT2D eigenvalue weighted by Crippen LogP contribution is 2.24. The first kappa shape index (κ1) is 13.9. The maximum absolute atomic E-state index is 11.4. The minimum atomic E-state index is -0.251. The van der Waals surface area contributed by atoms with Crippen molar-refractivity contribution in [2.24, 2.45) is 0 Å². The van der Waals surface area contributed by atoms with Gasteiger partial charge in [-0.05, 0) is 44.4 Å². The van der Waals surface area contributed by atoms with Crippen molar-refractivity contribution >= 4 is 22.9 Å². The Morgan fingerprint density at radius 2 is 1.95 bits per heavy atom. The fourth-order valence-corrected chi connectivity index (χ4v) is 2.71. The number of hydrogen-bond donors (Lipinski definition) is 1. The lowest BCUT2D eigenvalue weighted by molar-refractivity contribution is -0.119. The van der Waals surface area contributed by atoms with Crippen LogP contribution in [0.5, 0.6) is 5.75 Å². The summed E-state index contributed by atoms with van der Waals surface area (Å²) < 4.78 is 5.57. The molecule has 1 heterocycles. The van der Waals surface area contributed by atoms with E-state index in [4.69, 9.17) is 4.74 Å². The summed E-state index contributed by atoms with van der Waals surface area (Å²) >= 11 is 1.08. The third kappa shape index (κ3) is 3.99. The summed E-state index contributed by atoms with van der Waals surface area (Å²) in [5.41, 5.74) is 1.14. The molecule has 1 aliphatic rings. The Morgan fingerprint density at radius 1 is 1.26 bits per heavy atom. The second-order valence-corrected chi connectivity index (χ2v) is 5.91. The molecule has 5 heteroatoms. The Balaban J connectivity index is 1.86. The molecule has 102 valence electrons. The van der Waals surface area contributed by atoms with E-state index in [1.165, 1.54) is 0 Å². The van der Waals surface area contributed by atoms with E-state index in [0.717, 1.165) is 29.5 Å². The van der Waals surface area contributed by atoms with Crippen LogP contribution in [0.15, 0.2) is 24.3 Å². The van der Waals surface area contributed by atoms with E-state index in [2.05, 4.69) is 5.32 Å². The molecule has 0 radical (unpaired) electrons. The maximum Gasteiger partial charge on any atom is 0.286 e. The van der Waals surface area contributed by atoms with E-state index in [-0.39, 0.29) is 22.5 Å². The SMILES string of the molecule is CC(C)Oc1ccc(CCC2SC(=O)NC2=O)cc1. The van der Waals surface area contributed by atoms with Gasteiger partial charge in [-0.1, -0.05) is 23.9 Å². The molecule has 1 unspecified atom stereocenters. The van der Waals surface area contributed by atoms with E-state index in [1.54, 1.807) is 0 Å². The summed E-state index contributed by atoms with van der Waals surface area (Å²) in [6.45, 7) is 3.97. The molecular weight excluding hydrogens is 262 g/mol. The number of thioether (sulfide) groups is 1. The van der Waals surface area contributed by atoms with Gasteiger partial charge < -0.3 is 4.74 Å². The number of aryl methyl sites for hydroxylation is 1. The molecule has 0 saturated carbocycles. The van der Waals surface area contributed by atoms with Gasteiger partial charge in [0.05, 0.1) is 11.4 Å². The predicted molar refractivity (Wildman–Crippen MR) is 75.4 cm³/mol. The zero-order valence-electron chi connectivity index (χ0n) is 11.0. The topological polar surface area (TPSA) is 55.4 Å². The maximum atomic E-state index is 11.4. The fourth-order valence-electron chi connectivity index (χ4n) is 1.89. The lowest BCUT2D eigenvalue weighted by atomic mass is 10.1. The summed E-state index contributed by atoms with van der Waals surface area (Å²) in [5.74, 6) is 0.677. The molecule has 1 saturated heterocycles. The molecule has 1 aromatic carbocycles. The van der Waals surface area contributed by atoms with Crippen LogP contribution in [-0.2, 0) is 11.2 Å². The summed E-state index contributed by atoms with van der Waals surface area (Å²) in [4.78, 5) is 22.4. The first-order chi connectivity index (χ1) is 9.04. The second kappa shape index (κ2) is 6.10. The van der Waals surface area contributed by atoms with Gasteiger partial charge in [0.1, 0.15) is 5.75 Å². The third-order valence-corrected chi connectivity index (χ3v) is 3.81. The van der Waals surface area contributed by atoms with Crippen molar-refractivity contribution in [3.63, 3.8) is 0 Å². The number of carbonyl (C=O) groups excluding carboxylic acids is 2. The van der Waals surface area contributed by atoms with E-state index in [9.17, 15) is 9.59 Å². The molecule has 0 bridgehead atoms. The van der Waals surface area contributed by atoms with E-state index in [0.29, 0.717) is 6.42 Å². The van der Waals surface area contributed by atoms with Gasteiger partial charge in [-0.3, -0.25) is 14.9 Å². The summed E-state index contributed by atoms with van der Waals surface area (Å²) in [7, 11) is 0. The van der Waals surface area contributed by atoms with Gasteiger partial charge in [0.15, 0.2) is 0 Å². The molecule has 1 aromatic rings. The number of amides is 2. The van der Waals surface area contributed by atoms with Crippen LogP contribution in [-0.4, -0.2) is 22.5 Å². The van der Waals surface area contributed by atoms with Crippen molar-refractivity contribution < 1.29 is 14.3 Å². The minimum Gasteiger partial charge on any atom is -0.491 e. The highest BCUT2D eigenvalue weighted by atomic mass is 32.2. The molecule has 0 aromatic heterocycles. The van der Waals surface area contributed by atoms with Crippen molar-refractivity contribution in [2.45, 2.75) is 38.0 Å². The van der Waals surface area contributed by atoms with Crippen LogP contribution in [0.4, 0.5) is 4.79 Å². The Hall–Kier alpha value is -1.49. The number of imide groups is 1. The van der Waals surface area contributed by atoms with Crippen LogP contribution >= 0.6 is 11.8 Å². The van der Waals surface area contributed by atoms with Crippen LogP contribution in [0.25, 0.3) is 0 Å². The van der Waals surface area contributed by atoms with Gasteiger partial charge in [0, 0.05) is 0 Å². The van der Waals surface area contributed by atoms with Crippen LogP contribution in [0, 0.1) is 0 Å². The van der Waals surface area contributed by atoms with Gasteiger partial charge in [0.2, 0.25) is 5.91 Å². The van der Waals surface area contributed by atoms with Gasteiger partial charge >= 0.3 is 0 Å². The van der Waals surface area contributed by atoms with Crippen LogP contribution in [0.1, 0.15) is 25.8 Å². The van der Waals surface area contributed by atoms with Crippen LogP contribution in [0.2, 0.25) is 0 Å². The standard InChI is InChI=1S/C14H17NO3S/c1-9(2)18-11-6-3-10(4-7-11)5-8-12-13(16)15-14(17)19-12/h3-4,6-7,9,12H,5,8H2,1-2H3,(H,15,16,17). The lowest BCUT2D eigenvalue weighted by Crippen LogP contribution is -2.24. The molecule has 1 fully saturated rings. The molecule has 0 aliphatic carbocycles. The predicted octanol–water partition coefficient (Wildman–Crippen LogP) is 2.76. The molecule has 1 atom stereocenters. The van der Waals surface area contributed by atoms with E-state index >= 15 is 0 Å². The van der Waals surface area contributed by atoms with Gasteiger partial charge in [-0.25, -0.2) is 0 Å². The molecule has 2 rings (SSSR count). The van der Waals surface area contributed by atoms with Crippen molar-refractivity contribution in [1.29, 1.82) is 0 Å². The van der Waals surface area contributed by atoms with Crippen molar-refractivity contribution in [3.05, 3.63) is 29.8 Å². The monoisotopic (exact) mass is 279 g/mol. The first-order valence-electron chi connectivity index (χ1n) is 6.31. The molecule has 2 amide bonds. The van der Waals surface area contributed by atoms with Crippen LogP contribution in [0.3, 0.4) is 0 Å². The van der Waals surface area contributed by atoms with Crippen LogP contribution < -0.4 is 10.1 Å². The second-order valence-electron chi connectivity index (χ2n) is 4.73.